The number of pyridine rings is 1. The second-order valence-corrected chi connectivity index (χ2v) is 6.56. The fourth-order valence-corrected chi connectivity index (χ4v) is 4.62. The van der Waals surface area contributed by atoms with Crippen molar-refractivity contribution >= 4 is 10.9 Å². The van der Waals surface area contributed by atoms with Gasteiger partial charge in [0.15, 0.2) is 0 Å². The van der Waals surface area contributed by atoms with Gasteiger partial charge in [0.25, 0.3) is 0 Å². The first-order valence-corrected chi connectivity index (χ1v) is 7.87. The van der Waals surface area contributed by atoms with E-state index in [-0.39, 0.29) is 0 Å². The minimum Gasteiger partial charge on any atom is -0.313 e. The summed E-state index contributed by atoms with van der Waals surface area (Å²) in [5, 5.41) is 4.85. The average Bonchev–Trinajstić information content (AvgIpc) is 3.11. The van der Waals surface area contributed by atoms with Gasteiger partial charge in [0, 0.05) is 17.6 Å². The Morgan fingerprint density at radius 3 is 2.90 bits per heavy atom. The highest BCUT2D eigenvalue weighted by atomic mass is 14.9. The first-order valence-electron chi connectivity index (χ1n) is 7.87. The Balaban J connectivity index is 1.68. The zero-order chi connectivity index (χ0) is 13.5. The highest BCUT2D eigenvalue weighted by Crippen LogP contribution is 2.52. The molecule has 0 amide bonds. The summed E-state index contributed by atoms with van der Waals surface area (Å²) in [6, 6.07) is 11.5. The average molecular weight is 266 g/mol. The van der Waals surface area contributed by atoms with Crippen LogP contribution in [0.15, 0.2) is 36.5 Å². The normalized spacial score (nSPS) is 29.9. The Hall–Kier alpha value is -1.41. The highest BCUT2D eigenvalue weighted by Gasteiger charge is 2.43. The van der Waals surface area contributed by atoms with Crippen LogP contribution in [0.4, 0.5) is 0 Å². The molecule has 0 aliphatic heterocycles. The molecule has 4 rings (SSSR count). The fraction of sp³-hybridized carbons (Fsp3) is 0.500. The molecule has 0 spiro atoms. The number of fused-ring (bicyclic) bond motifs is 3. The van der Waals surface area contributed by atoms with Crippen molar-refractivity contribution in [3.63, 3.8) is 0 Å². The van der Waals surface area contributed by atoms with E-state index in [2.05, 4.69) is 41.6 Å². The van der Waals surface area contributed by atoms with Crippen LogP contribution in [0.2, 0.25) is 0 Å². The lowest BCUT2D eigenvalue weighted by molar-refractivity contribution is 0.260. The number of hydrogen-bond acceptors (Lipinski definition) is 2. The largest absolute Gasteiger partial charge is 0.313 e. The van der Waals surface area contributed by atoms with E-state index in [1.807, 2.05) is 12.3 Å². The van der Waals surface area contributed by atoms with Gasteiger partial charge in [-0.15, -0.1) is 0 Å². The summed E-state index contributed by atoms with van der Waals surface area (Å²) >= 11 is 0. The Labute approximate surface area is 120 Å². The molecule has 1 aromatic heterocycles. The maximum atomic E-state index is 4.42. The molecule has 2 aliphatic carbocycles. The van der Waals surface area contributed by atoms with E-state index in [4.69, 9.17) is 0 Å². The molecule has 1 N–H and O–H groups in total. The summed E-state index contributed by atoms with van der Waals surface area (Å²) in [6.07, 6.45) is 7.68. The highest BCUT2D eigenvalue weighted by molar-refractivity contribution is 5.79. The number of nitrogens with one attached hydrogen (secondary N) is 1. The second-order valence-electron chi connectivity index (χ2n) is 6.56. The first kappa shape index (κ1) is 12.3. The van der Waals surface area contributed by atoms with Gasteiger partial charge in [-0.3, -0.25) is 4.98 Å². The number of nitrogens with zero attached hydrogens (tertiary/aromatic N) is 1. The van der Waals surface area contributed by atoms with Gasteiger partial charge in [0.1, 0.15) is 0 Å². The van der Waals surface area contributed by atoms with Crippen molar-refractivity contribution in [3.05, 3.63) is 42.1 Å². The summed E-state index contributed by atoms with van der Waals surface area (Å²) in [6.45, 7) is 0. The number of hydrogen-bond donors (Lipinski definition) is 1. The van der Waals surface area contributed by atoms with Crippen LogP contribution in [-0.4, -0.2) is 12.0 Å². The van der Waals surface area contributed by atoms with Gasteiger partial charge in [0.05, 0.1) is 5.52 Å². The van der Waals surface area contributed by atoms with E-state index in [0.717, 1.165) is 23.3 Å². The molecule has 4 unspecified atom stereocenters. The van der Waals surface area contributed by atoms with Crippen molar-refractivity contribution < 1.29 is 0 Å². The fourth-order valence-electron chi connectivity index (χ4n) is 4.62. The third-order valence-corrected chi connectivity index (χ3v) is 5.52. The van der Waals surface area contributed by atoms with Gasteiger partial charge in [-0.2, -0.15) is 0 Å². The van der Waals surface area contributed by atoms with Crippen molar-refractivity contribution in [2.45, 2.75) is 31.7 Å². The van der Waals surface area contributed by atoms with Crippen molar-refractivity contribution in [1.82, 2.24) is 10.3 Å². The van der Waals surface area contributed by atoms with Crippen molar-refractivity contribution in [2.75, 3.05) is 7.05 Å². The molecular weight excluding hydrogens is 244 g/mol. The summed E-state index contributed by atoms with van der Waals surface area (Å²) < 4.78 is 0. The maximum absolute atomic E-state index is 4.42. The van der Waals surface area contributed by atoms with Gasteiger partial charge in [-0.05, 0) is 67.8 Å². The van der Waals surface area contributed by atoms with Crippen LogP contribution in [0.5, 0.6) is 0 Å². The first-order chi connectivity index (χ1) is 9.85. The molecule has 4 atom stereocenters. The molecule has 104 valence electrons. The molecule has 20 heavy (non-hydrogen) atoms. The number of aromatic nitrogens is 1. The lowest BCUT2D eigenvalue weighted by atomic mass is 9.80. The predicted octanol–water partition coefficient (Wildman–Crippen LogP) is 3.93. The predicted molar refractivity (Wildman–Crippen MR) is 82.5 cm³/mol. The van der Waals surface area contributed by atoms with Crippen LogP contribution < -0.4 is 5.32 Å². The quantitative estimate of drug-likeness (QED) is 0.910. The number of benzene rings is 1. The minimum absolute atomic E-state index is 0.509. The summed E-state index contributed by atoms with van der Waals surface area (Å²) in [4.78, 5) is 4.42. The minimum atomic E-state index is 0.509. The smallest absolute Gasteiger partial charge is 0.0702 e. The SMILES string of the molecule is CNC(c1ccc2ncccc2c1)C1CC2CCC1C2. The molecule has 2 fully saturated rings. The second kappa shape index (κ2) is 4.85. The zero-order valence-electron chi connectivity index (χ0n) is 12.0. The van der Waals surface area contributed by atoms with Crippen LogP contribution in [0.3, 0.4) is 0 Å². The Morgan fingerprint density at radius 1 is 1.20 bits per heavy atom. The Kier molecular flexibility index (Phi) is 2.99. The molecule has 0 radical (unpaired) electrons. The summed E-state index contributed by atoms with van der Waals surface area (Å²) in [5.74, 6) is 2.78. The topological polar surface area (TPSA) is 24.9 Å². The van der Waals surface area contributed by atoms with Gasteiger partial charge in [-0.25, -0.2) is 0 Å². The van der Waals surface area contributed by atoms with Crippen LogP contribution in [0.25, 0.3) is 10.9 Å². The van der Waals surface area contributed by atoms with Crippen LogP contribution in [0.1, 0.15) is 37.3 Å². The molecule has 2 saturated carbocycles. The molecule has 2 bridgehead atoms. The van der Waals surface area contributed by atoms with E-state index in [1.165, 1.54) is 36.6 Å². The van der Waals surface area contributed by atoms with Crippen molar-refractivity contribution in [3.8, 4) is 0 Å². The van der Waals surface area contributed by atoms with Gasteiger partial charge in [0.2, 0.25) is 0 Å². The van der Waals surface area contributed by atoms with E-state index in [9.17, 15) is 0 Å². The lowest BCUT2D eigenvalue weighted by Gasteiger charge is -2.30. The van der Waals surface area contributed by atoms with E-state index < -0.39 is 0 Å². The van der Waals surface area contributed by atoms with Crippen molar-refractivity contribution in [1.29, 1.82) is 0 Å². The maximum Gasteiger partial charge on any atom is 0.0702 e. The molecule has 2 aromatic rings. The number of rotatable bonds is 3. The molecule has 2 aliphatic rings. The molecule has 1 heterocycles. The van der Waals surface area contributed by atoms with E-state index in [0.29, 0.717) is 6.04 Å². The van der Waals surface area contributed by atoms with Gasteiger partial charge in [-0.1, -0.05) is 18.6 Å². The molecule has 2 nitrogen and oxygen atoms in total. The molecule has 2 heteroatoms. The molecule has 1 aromatic carbocycles. The lowest BCUT2D eigenvalue weighted by Crippen LogP contribution is -2.28. The Bertz CT molecular complexity index is 622. The monoisotopic (exact) mass is 266 g/mol. The van der Waals surface area contributed by atoms with Crippen LogP contribution >= 0.6 is 0 Å². The van der Waals surface area contributed by atoms with Gasteiger partial charge < -0.3 is 5.32 Å². The van der Waals surface area contributed by atoms with Crippen LogP contribution in [-0.2, 0) is 0 Å². The van der Waals surface area contributed by atoms with Crippen molar-refractivity contribution in [2.24, 2.45) is 17.8 Å². The third-order valence-electron chi connectivity index (χ3n) is 5.52. The Morgan fingerprint density at radius 2 is 2.15 bits per heavy atom. The third kappa shape index (κ3) is 1.94. The molecule has 0 saturated heterocycles. The standard InChI is InChI=1S/C18H22N2/c1-19-18(16-10-12-4-5-13(16)9-12)15-6-7-17-14(11-15)3-2-8-20-17/h2-3,6-8,11-13,16,18-19H,4-5,9-10H2,1H3. The van der Waals surface area contributed by atoms with Crippen LogP contribution in [0, 0.1) is 17.8 Å². The van der Waals surface area contributed by atoms with Gasteiger partial charge >= 0.3 is 0 Å². The summed E-state index contributed by atoms with van der Waals surface area (Å²) in [5.41, 5.74) is 2.53. The van der Waals surface area contributed by atoms with E-state index >= 15 is 0 Å². The summed E-state index contributed by atoms with van der Waals surface area (Å²) in [7, 11) is 2.12. The molecular formula is C18H22N2. The zero-order valence-corrected chi connectivity index (χ0v) is 12.0. The van der Waals surface area contributed by atoms with E-state index in [1.54, 1.807) is 0 Å².